The molecule has 0 aromatic heterocycles. The number of nitrogens with zero attached hydrogens (tertiary/aromatic N) is 1. The summed E-state index contributed by atoms with van der Waals surface area (Å²) in [7, 11) is -3.75. The van der Waals surface area contributed by atoms with E-state index in [1.54, 1.807) is 36.4 Å². The van der Waals surface area contributed by atoms with Gasteiger partial charge in [-0.3, -0.25) is 13.9 Å². The van der Waals surface area contributed by atoms with E-state index < -0.39 is 22.5 Å². The molecule has 4 aromatic rings. The summed E-state index contributed by atoms with van der Waals surface area (Å²) in [6.07, 6.45) is 1.08. The van der Waals surface area contributed by atoms with Crippen molar-refractivity contribution in [3.63, 3.8) is 0 Å². The van der Waals surface area contributed by atoms with E-state index in [4.69, 9.17) is 0 Å². The minimum absolute atomic E-state index is 0.0162. The topological polar surface area (TPSA) is 83.6 Å². The van der Waals surface area contributed by atoms with Crippen LogP contribution >= 0.6 is 0 Å². The van der Waals surface area contributed by atoms with Crippen molar-refractivity contribution in [2.45, 2.75) is 26.2 Å². The van der Waals surface area contributed by atoms with Crippen LogP contribution in [0.25, 0.3) is 10.8 Å². The zero-order chi connectivity index (χ0) is 26.8. The van der Waals surface area contributed by atoms with E-state index in [9.17, 15) is 18.0 Å². The number of nitrogens with one attached hydrogen (secondary N) is 1. The summed E-state index contributed by atoms with van der Waals surface area (Å²) in [5.74, 6) is -0.678. The number of sulfonamides is 1. The summed E-state index contributed by atoms with van der Waals surface area (Å²) in [5.41, 5.74) is 2.93. The molecule has 0 fully saturated rings. The van der Waals surface area contributed by atoms with Crippen LogP contribution in [0.2, 0.25) is 0 Å². The Hall–Kier alpha value is -3.97. The van der Waals surface area contributed by atoms with Crippen molar-refractivity contribution in [3.8, 4) is 0 Å². The predicted molar refractivity (Wildman–Crippen MR) is 150 cm³/mol. The smallest absolute Gasteiger partial charge is 0.245 e. The van der Waals surface area contributed by atoms with Gasteiger partial charge in [-0.15, -0.1) is 0 Å². The largest absolute Gasteiger partial charge is 0.324 e. The van der Waals surface area contributed by atoms with E-state index in [1.165, 1.54) is 0 Å². The number of benzene rings is 4. The first-order valence-corrected chi connectivity index (χ1v) is 13.8. The molecule has 1 amide bonds. The molecule has 0 heterocycles. The molecule has 0 saturated heterocycles. The van der Waals surface area contributed by atoms with Crippen LogP contribution in [-0.2, 0) is 20.2 Å². The van der Waals surface area contributed by atoms with Gasteiger partial charge in [0.15, 0.2) is 5.78 Å². The molecule has 6 nitrogen and oxygen atoms in total. The van der Waals surface area contributed by atoms with E-state index in [-0.39, 0.29) is 11.2 Å². The quantitative estimate of drug-likeness (QED) is 0.317. The third-order valence-corrected chi connectivity index (χ3v) is 7.27. The maximum Gasteiger partial charge on any atom is 0.245 e. The van der Waals surface area contributed by atoms with E-state index in [2.05, 4.69) is 26.1 Å². The highest BCUT2D eigenvalue weighted by Gasteiger charge is 2.23. The number of carbonyl (C=O) groups excluding carboxylic acids is 2. The van der Waals surface area contributed by atoms with Crippen LogP contribution in [0.15, 0.2) is 91.0 Å². The highest BCUT2D eigenvalue weighted by Crippen LogP contribution is 2.28. The van der Waals surface area contributed by atoms with Gasteiger partial charge in [0, 0.05) is 22.2 Å². The Morgan fingerprint density at radius 3 is 2.14 bits per heavy atom. The summed E-state index contributed by atoms with van der Waals surface area (Å²) in [6, 6.07) is 26.9. The van der Waals surface area contributed by atoms with E-state index >= 15 is 0 Å². The van der Waals surface area contributed by atoms with Crippen LogP contribution in [0.3, 0.4) is 0 Å². The SMILES string of the molecule is CC(C)(C)c1ccc(C(=O)c2cccc(NC(=O)CN(c3cccc4ccccc34)S(C)(=O)=O)c2)cc1. The molecule has 0 radical (unpaired) electrons. The van der Waals surface area contributed by atoms with Crippen LogP contribution in [0.4, 0.5) is 11.4 Å². The van der Waals surface area contributed by atoms with Gasteiger partial charge in [0.05, 0.1) is 11.9 Å². The van der Waals surface area contributed by atoms with E-state index in [0.29, 0.717) is 22.5 Å². The van der Waals surface area contributed by atoms with Gasteiger partial charge in [0.1, 0.15) is 6.54 Å². The van der Waals surface area contributed by atoms with Gasteiger partial charge >= 0.3 is 0 Å². The lowest BCUT2D eigenvalue weighted by atomic mass is 9.86. The van der Waals surface area contributed by atoms with Crippen molar-refractivity contribution in [2.75, 3.05) is 22.4 Å². The maximum absolute atomic E-state index is 13.1. The zero-order valence-corrected chi connectivity index (χ0v) is 22.2. The second kappa shape index (κ2) is 10.2. The molecule has 7 heteroatoms. The molecule has 0 atom stereocenters. The number of amides is 1. The molecule has 0 bridgehead atoms. The first kappa shape index (κ1) is 26.1. The van der Waals surface area contributed by atoms with Crippen LogP contribution in [0.5, 0.6) is 0 Å². The molecule has 4 aromatic carbocycles. The van der Waals surface area contributed by atoms with Crippen molar-refractivity contribution in [2.24, 2.45) is 0 Å². The van der Waals surface area contributed by atoms with Gasteiger partial charge in [0.2, 0.25) is 15.9 Å². The summed E-state index contributed by atoms with van der Waals surface area (Å²) in [6.45, 7) is 5.93. The number of hydrogen-bond donors (Lipinski definition) is 1. The number of ketones is 1. The van der Waals surface area contributed by atoms with Crippen molar-refractivity contribution >= 4 is 43.9 Å². The maximum atomic E-state index is 13.1. The lowest BCUT2D eigenvalue weighted by molar-refractivity contribution is -0.114. The Morgan fingerprint density at radius 1 is 0.811 bits per heavy atom. The van der Waals surface area contributed by atoms with E-state index in [1.807, 2.05) is 54.6 Å². The number of anilines is 2. The molecule has 0 unspecified atom stereocenters. The second-order valence-corrected chi connectivity index (χ2v) is 12.0. The van der Waals surface area contributed by atoms with Gasteiger partial charge in [-0.1, -0.05) is 93.6 Å². The van der Waals surface area contributed by atoms with Crippen LogP contribution in [0, 0.1) is 0 Å². The number of fused-ring (bicyclic) bond motifs is 1. The third-order valence-electron chi connectivity index (χ3n) is 6.14. The predicted octanol–water partition coefficient (Wildman–Crippen LogP) is 5.77. The van der Waals surface area contributed by atoms with Crippen molar-refractivity contribution in [1.29, 1.82) is 0 Å². The monoisotopic (exact) mass is 514 g/mol. The minimum atomic E-state index is -3.75. The molecule has 0 saturated carbocycles. The highest BCUT2D eigenvalue weighted by molar-refractivity contribution is 7.92. The fourth-order valence-electron chi connectivity index (χ4n) is 4.16. The zero-order valence-electron chi connectivity index (χ0n) is 21.4. The van der Waals surface area contributed by atoms with Crippen LogP contribution in [0.1, 0.15) is 42.3 Å². The van der Waals surface area contributed by atoms with Gasteiger partial charge in [-0.2, -0.15) is 0 Å². The van der Waals surface area contributed by atoms with Crippen LogP contribution in [-0.4, -0.2) is 32.9 Å². The fraction of sp³-hybridized carbons (Fsp3) is 0.200. The Morgan fingerprint density at radius 2 is 1.46 bits per heavy atom. The van der Waals surface area contributed by atoms with Crippen molar-refractivity contribution < 1.29 is 18.0 Å². The summed E-state index contributed by atoms with van der Waals surface area (Å²) in [4.78, 5) is 26.0. The third kappa shape index (κ3) is 6.06. The van der Waals surface area contributed by atoms with Crippen molar-refractivity contribution in [1.82, 2.24) is 0 Å². The Balaban J connectivity index is 1.54. The molecular weight excluding hydrogens is 484 g/mol. The number of hydrogen-bond acceptors (Lipinski definition) is 4. The summed E-state index contributed by atoms with van der Waals surface area (Å²) >= 11 is 0. The first-order valence-electron chi connectivity index (χ1n) is 11.9. The molecule has 37 heavy (non-hydrogen) atoms. The van der Waals surface area contributed by atoms with Gasteiger partial charge in [-0.25, -0.2) is 8.42 Å². The van der Waals surface area contributed by atoms with E-state index in [0.717, 1.165) is 26.9 Å². The van der Waals surface area contributed by atoms with Crippen molar-refractivity contribution in [3.05, 3.63) is 108 Å². The molecule has 190 valence electrons. The van der Waals surface area contributed by atoms with Gasteiger partial charge in [-0.05, 0) is 34.6 Å². The summed E-state index contributed by atoms with van der Waals surface area (Å²) < 4.78 is 26.4. The Bertz CT molecular complexity index is 1560. The average molecular weight is 515 g/mol. The van der Waals surface area contributed by atoms with Gasteiger partial charge < -0.3 is 5.32 Å². The van der Waals surface area contributed by atoms with Crippen LogP contribution < -0.4 is 9.62 Å². The minimum Gasteiger partial charge on any atom is -0.324 e. The molecule has 1 N–H and O–H groups in total. The van der Waals surface area contributed by atoms with Gasteiger partial charge in [0.25, 0.3) is 0 Å². The lowest BCUT2D eigenvalue weighted by Gasteiger charge is -2.23. The molecule has 0 aliphatic rings. The molecule has 4 rings (SSSR count). The summed E-state index contributed by atoms with van der Waals surface area (Å²) in [5, 5.41) is 4.34. The standard InChI is InChI=1S/C30H30N2O4S/c1-30(2,3)24-17-15-22(16-18-24)29(34)23-11-7-12-25(19-23)31-28(33)20-32(37(4,35)36)27-14-8-10-21-9-5-6-13-26(21)27/h5-19H,20H2,1-4H3,(H,31,33). The average Bonchev–Trinajstić information content (AvgIpc) is 2.85. The highest BCUT2D eigenvalue weighted by atomic mass is 32.2. The number of rotatable bonds is 7. The molecule has 0 aliphatic carbocycles. The lowest BCUT2D eigenvalue weighted by Crippen LogP contribution is -2.37. The normalized spacial score (nSPS) is 11.8. The second-order valence-electron chi connectivity index (χ2n) is 10.1. The first-order chi connectivity index (χ1) is 17.4. The Labute approximate surface area is 218 Å². The number of carbonyl (C=O) groups is 2. The molecule has 0 spiro atoms. The molecular formula is C30H30N2O4S. The molecule has 0 aliphatic heterocycles. The fourth-order valence-corrected chi connectivity index (χ4v) is 5.03. The Kier molecular flexibility index (Phi) is 7.18.